The number of aromatic nitrogens is 3. The minimum Gasteiger partial charge on any atom is -0.342 e. The maximum atomic E-state index is 12.6. The summed E-state index contributed by atoms with van der Waals surface area (Å²) in [4.78, 5) is 19.5. The monoisotopic (exact) mass is 340 g/mol. The average molecular weight is 340 g/mol. The molecule has 0 aliphatic carbocycles. The molecule has 0 N–H and O–H groups in total. The Morgan fingerprint density at radius 3 is 2.80 bits per heavy atom. The maximum Gasteiger partial charge on any atom is 0.227 e. The van der Waals surface area contributed by atoms with Gasteiger partial charge in [-0.25, -0.2) is 0 Å². The third kappa shape index (κ3) is 3.75. The zero-order chi connectivity index (χ0) is 18.0. The highest BCUT2D eigenvalue weighted by atomic mass is 16.2. The van der Waals surface area contributed by atoms with Gasteiger partial charge in [0.1, 0.15) is 0 Å². The molecule has 134 valence electrons. The number of hydrogen-bond acceptors (Lipinski definition) is 3. The van der Waals surface area contributed by atoms with E-state index in [1.165, 1.54) is 0 Å². The molecule has 0 aromatic carbocycles. The highest BCUT2D eigenvalue weighted by molar-refractivity contribution is 5.81. The van der Waals surface area contributed by atoms with Crippen LogP contribution in [0.1, 0.15) is 52.1 Å². The first kappa shape index (κ1) is 17.6. The summed E-state index contributed by atoms with van der Waals surface area (Å²) in [5, 5.41) is 4.34. The Labute approximate surface area is 150 Å². The number of carbonyl (C=O) groups is 1. The Morgan fingerprint density at radius 2 is 2.08 bits per heavy atom. The first-order chi connectivity index (χ1) is 11.9. The summed E-state index contributed by atoms with van der Waals surface area (Å²) < 4.78 is 1.96. The molecule has 5 heteroatoms. The molecule has 3 heterocycles. The molecular formula is C20H28N4O. The highest BCUT2D eigenvalue weighted by Gasteiger charge is 2.31. The van der Waals surface area contributed by atoms with Crippen molar-refractivity contribution < 1.29 is 4.79 Å². The standard InChI is InChI=1S/C20H28N4O/c1-5-24-18(11-12-21-24)17-10-6-9-16(22-17)15-8-7-13-23(14-15)19(25)20(2,3)4/h6,9-12,15H,5,7-8,13-14H2,1-4H3. The van der Waals surface area contributed by atoms with Gasteiger partial charge in [-0.1, -0.05) is 26.8 Å². The Hall–Kier alpha value is -2.17. The summed E-state index contributed by atoms with van der Waals surface area (Å²) >= 11 is 0. The van der Waals surface area contributed by atoms with Crippen LogP contribution < -0.4 is 0 Å². The number of likely N-dealkylation sites (tertiary alicyclic amines) is 1. The molecular weight excluding hydrogens is 312 g/mol. The molecule has 0 bridgehead atoms. The van der Waals surface area contributed by atoms with E-state index in [0.717, 1.165) is 49.6 Å². The SMILES string of the molecule is CCn1nccc1-c1cccc(C2CCCN(C(=O)C(C)(C)C)C2)n1. The zero-order valence-corrected chi connectivity index (χ0v) is 15.7. The van der Waals surface area contributed by atoms with Gasteiger partial charge >= 0.3 is 0 Å². The smallest absolute Gasteiger partial charge is 0.227 e. The van der Waals surface area contributed by atoms with Crippen LogP contribution in [0.25, 0.3) is 11.4 Å². The van der Waals surface area contributed by atoms with Crippen molar-refractivity contribution in [2.24, 2.45) is 5.41 Å². The minimum atomic E-state index is -0.329. The van der Waals surface area contributed by atoms with Crippen molar-refractivity contribution in [3.63, 3.8) is 0 Å². The first-order valence-corrected chi connectivity index (χ1v) is 9.18. The lowest BCUT2D eigenvalue weighted by atomic mass is 9.89. The fourth-order valence-corrected chi connectivity index (χ4v) is 3.50. The number of piperidine rings is 1. The van der Waals surface area contributed by atoms with Gasteiger partial charge in [0.15, 0.2) is 0 Å². The van der Waals surface area contributed by atoms with Gasteiger partial charge in [-0.2, -0.15) is 5.10 Å². The van der Waals surface area contributed by atoms with Gasteiger partial charge in [0.2, 0.25) is 5.91 Å². The van der Waals surface area contributed by atoms with Crippen LogP contribution in [0.2, 0.25) is 0 Å². The first-order valence-electron chi connectivity index (χ1n) is 9.18. The average Bonchev–Trinajstić information content (AvgIpc) is 3.09. The molecule has 0 spiro atoms. The van der Waals surface area contributed by atoms with Crippen LogP contribution in [0.3, 0.4) is 0 Å². The van der Waals surface area contributed by atoms with E-state index in [1.807, 2.05) is 48.7 Å². The van der Waals surface area contributed by atoms with Gasteiger partial charge in [0.25, 0.3) is 0 Å². The van der Waals surface area contributed by atoms with Crippen molar-refractivity contribution in [3.05, 3.63) is 36.2 Å². The lowest BCUT2D eigenvalue weighted by Crippen LogP contribution is -2.44. The molecule has 1 aliphatic rings. The zero-order valence-electron chi connectivity index (χ0n) is 15.7. The van der Waals surface area contributed by atoms with Crippen LogP contribution >= 0.6 is 0 Å². The number of aryl methyl sites for hydroxylation is 1. The molecule has 5 nitrogen and oxygen atoms in total. The van der Waals surface area contributed by atoms with Gasteiger partial charge in [0, 0.05) is 42.9 Å². The topological polar surface area (TPSA) is 51.0 Å². The number of carbonyl (C=O) groups excluding carboxylic acids is 1. The van der Waals surface area contributed by atoms with Crippen molar-refractivity contribution in [1.29, 1.82) is 0 Å². The van der Waals surface area contributed by atoms with Crippen molar-refractivity contribution in [1.82, 2.24) is 19.7 Å². The predicted molar refractivity (Wildman–Crippen MR) is 99.1 cm³/mol. The summed E-state index contributed by atoms with van der Waals surface area (Å²) in [5.41, 5.74) is 2.75. The molecule has 25 heavy (non-hydrogen) atoms. The number of amides is 1. The summed E-state index contributed by atoms with van der Waals surface area (Å²) in [5.74, 6) is 0.537. The fourth-order valence-electron chi connectivity index (χ4n) is 3.50. The molecule has 0 radical (unpaired) electrons. The number of nitrogens with zero attached hydrogens (tertiary/aromatic N) is 4. The van der Waals surface area contributed by atoms with Crippen LogP contribution in [-0.2, 0) is 11.3 Å². The second kappa shape index (κ2) is 6.98. The Bertz CT molecular complexity index is 744. The molecule has 1 saturated heterocycles. The second-order valence-corrected chi connectivity index (χ2v) is 7.82. The van der Waals surface area contributed by atoms with Crippen molar-refractivity contribution in [2.45, 2.75) is 53.0 Å². The molecule has 0 saturated carbocycles. The maximum absolute atomic E-state index is 12.6. The molecule has 1 aliphatic heterocycles. The normalized spacial score (nSPS) is 18.4. The van der Waals surface area contributed by atoms with Crippen LogP contribution in [0, 0.1) is 5.41 Å². The van der Waals surface area contributed by atoms with Gasteiger partial charge in [-0.05, 0) is 38.0 Å². The Kier molecular flexibility index (Phi) is 4.93. The molecule has 1 fully saturated rings. The van der Waals surface area contributed by atoms with E-state index in [1.54, 1.807) is 0 Å². The van der Waals surface area contributed by atoms with Gasteiger partial charge in [0.05, 0.1) is 11.4 Å². The van der Waals surface area contributed by atoms with Gasteiger partial charge < -0.3 is 4.90 Å². The van der Waals surface area contributed by atoms with E-state index in [-0.39, 0.29) is 11.3 Å². The third-order valence-electron chi connectivity index (χ3n) is 4.82. The van der Waals surface area contributed by atoms with E-state index >= 15 is 0 Å². The minimum absolute atomic E-state index is 0.234. The van der Waals surface area contributed by atoms with E-state index in [0.29, 0.717) is 5.92 Å². The summed E-state index contributed by atoms with van der Waals surface area (Å²) in [6, 6.07) is 8.20. The van der Waals surface area contributed by atoms with Crippen LogP contribution in [-0.4, -0.2) is 38.7 Å². The van der Waals surface area contributed by atoms with Crippen molar-refractivity contribution >= 4 is 5.91 Å². The quantitative estimate of drug-likeness (QED) is 0.856. The van der Waals surface area contributed by atoms with E-state index in [2.05, 4.69) is 24.2 Å². The van der Waals surface area contributed by atoms with Crippen molar-refractivity contribution in [3.8, 4) is 11.4 Å². The van der Waals surface area contributed by atoms with E-state index in [4.69, 9.17) is 4.98 Å². The number of pyridine rings is 1. The molecule has 2 aromatic rings. The third-order valence-corrected chi connectivity index (χ3v) is 4.82. The van der Waals surface area contributed by atoms with Gasteiger partial charge in [-0.3, -0.25) is 14.5 Å². The Morgan fingerprint density at radius 1 is 1.28 bits per heavy atom. The molecule has 1 atom stereocenters. The molecule has 3 rings (SSSR count). The lowest BCUT2D eigenvalue weighted by Gasteiger charge is -2.36. The summed E-state index contributed by atoms with van der Waals surface area (Å²) in [6.45, 7) is 10.5. The number of hydrogen-bond donors (Lipinski definition) is 0. The van der Waals surface area contributed by atoms with Gasteiger partial charge in [-0.15, -0.1) is 0 Å². The van der Waals surface area contributed by atoms with Crippen LogP contribution in [0.4, 0.5) is 0 Å². The lowest BCUT2D eigenvalue weighted by molar-refractivity contribution is -0.140. The van der Waals surface area contributed by atoms with Crippen molar-refractivity contribution in [2.75, 3.05) is 13.1 Å². The summed E-state index contributed by atoms with van der Waals surface area (Å²) in [6.07, 6.45) is 3.93. The molecule has 1 unspecified atom stereocenters. The second-order valence-electron chi connectivity index (χ2n) is 7.82. The molecule has 1 amide bonds. The summed E-state index contributed by atoms with van der Waals surface area (Å²) in [7, 11) is 0. The predicted octanol–water partition coefficient (Wildman–Crippen LogP) is 3.72. The highest BCUT2D eigenvalue weighted by Crippen LogP contribution is 2.30. The molecule has 2 aromatic heterocycles. The van der Waals surface area contributed by atoms with E-state index < -0.39 is 0 Å². The fraction of sp³-hybridized carbons (Fsp3) is 0.550. The van der Waals surface area contributed by atoms with Crippen LogP contribution in [0.5, 0.6) is 0 Å². The van der Waals surface area contributed by atoms with E-state index in [9.17, 15) is 4.79 Å². The van der Waals surface area contributed by atoms with Crippen LogP contribution in [0.15, 0.2) is 30.5 Å². The largest absolute Gasteiger partial charge is 0.342 e. The Balaban J connectivity index is 1.82. The number of rotatable bonds is 3.